The Labute approximate surface area is 142 Å². The summed E-state index contributed by atoms with van der Waals surface area (Å²) in [5.74, 6) is 0. The topological polar surface area (TPSA) is 73.8 Å². The molecule has 0 heterocycles. The molecule has 0 atom stereocenters. The fraction of sp³-hybridized carbons (Fsp3) is 0.846. The quantitative estimate of drug-likeness (QED) is 0.292. The number of hydrogen-bond donors (Lipinski definition) is 0. The minimum Gasteiger partial charge on any atom is -0.502 e. The molecule has 0 radical (unpaired) electrons. The second-order valence-corrected chi connectivity index (χ2v) is 9.78. The summed E-state index contributed by atoms with van der Waals surface area (Å²) in [7, 11) is 5.73. The lowest BCUT2D eigenvalue weighted by molar-refractivity contribution is 0.0226. The van der Waals surface area contributed by atoms with E-state index in [-0.39, 0.29) is 0 Å². The van der Waals surface area contributed by atoms with Crippen LogP contribution in [0.1, 0.15) is 13.3 Å². The van der Waals surface area contributed by atoms with Gasteiger partial charge in [-0.15, -0.1) is 0 Å². The van der Waals surface area contributed by atoms with Gasteiger partial charge in [0, 0.05) is 55.8 Å². The van der Waals surface area contributed by atoms with Crippen LogP contribution >= 0.6 is 0 Å². The van der Waals surface area contributed by atoms with Crippen molar-refractivity contribution in [1.82, 2.24) is 0 Å². The van der Waals surface area contributed by atoms with E-state index in [2.05, 4.69) is 0 Å². The van der Waals surface area contributed by atoms with E-state index in [9.17, 15) is 0 Å². The van der Waals surface area contributed by atoms with Crippen molar-refractivity contribution < 1.29 is 35.7 Å². The van der Waals surface area contributed by atoms with Gasteiger partial charge in [-0.25, -0.2) is 0 Å². The predicted octanol–water partition coefficient (Wildman–Crippen LogP) is 1.81. The molecule has 0 aromatic heterocycles. The summed E-state index contributed by atoms with van der Waals surface area (Å²) in [5.41, 5.74) is 0. The van der Waals surface area contributed by atoms with Gasteiger partial charge in [-0.05, 0) is 13.3 Å². The molecule has 0 spiro atoms. The molecule has 0 aliphatic carbocycles. The predicted molar refractivity (Wildman–Crippen MR) is 90.8 cm³/mol. The van der Waals surface area contributed by atoms with E-state index in [1.54, 1.807) is 27.6 Å². The molecule has 0 saturated carbocycles. The van der Waals surface area contributed by atoms with Gasteiger partial charge in [0.2, 0.25) is 0 Å². The first-order valence-corrected chi connectivity index (χ1v) is 10.6. The van der Waals surface area contributed by atoms with Crippen molar-refractivity contribution in [2.75, 3.05) is 56.4 Å². The highest BCUT2D eigenvalue weighted by Crippen LogP contribution is 2.14. The standard InChI is InChI=1S/C9H20O4Si.C4H12O4Si/c1-5-7-13-8-6-9-14(10-2,11-3)12-4;1-5-9(6-2,7-3)8-4/h5,7H,6,8-9H2,1-4H3;1-4H3. The molecule has 23 heavy (non-hydrogen) atoms. The van der Waals surface area contributed by atoms with Gasteiger partial charge in [0.15, 0.2) is 0 Å². The molecule has 0 unspecified atom stereocenters. The smallest absolute Gasteiger partial charge is 0.502 e. The maximum absolute atomic E-state index is 5.26. The monoisotopic (exact) mass is 372 g/mol. The zero-order valence-electron chi connectivity index (χ0n) is 15.5. The van der Waals surface area contributed by atoms with E-state index in [4.69, 9.17) is 35.7 Å². The van der Waals surface area contributed by atoms with Crippen molar-refractivity contribution in [3.05, 3.63) is 12.3 Å². The number of hydrogen-bond acceptors (Lipinski definition) is 8. The van der Waals surface area contributed by atoms with Crippen LogP contribution in [0.15, 0.2) is 12.3 Å². The molecular weight excluding hydrogens is 340 g/mol. The largest absolute Gasteiger partial charge is 0.678 e. The Kier molecular flexibility index (Phi) is 16.5. The minimum atomic E-state index is -2.69. The van der Waals surface area contributed by atoms with E-state index in [1.807, 2.05) is 13.0 Å². The van der Waals surface area contributed by atoms with Gasteiger partial charge in [-0.3, -0.25) is 0 Å². The van der Waals surface area contributed by atoms with Crippen LogP contribution in [-0.4, -0.2) is 74.2 Å². The maximum atomic E-state index is 5.26. The Hall–Kier alpha value is -0.306. The van der Waals surface area contributed by atoms with Crippen LogP contribution in [0.5, 0.6) is 0 Å². The summed E-state index contributed by atoms with van der Waals surface area (Å²) >= 11 is 0. The Balaban J connectivity index is 0. The first-order valence-electron chi connectivity index (χ1n) is 7.08. The molecular formula is C13H32O8Si2. The zero-order valence-corrected chi connectivity index (χ0v) is 17.5. The van der Waals surface area contributed by atoms with Crippen molar-refractivity contribution in [1.29, 1.82) is 0 Å². The molecule has 0 aromatic carbocycles. The fourth-order valence-electron chi connectivity index (χ4n) is 1.59. The molecule has 0 rings (SSSR count). The molecule has 0 aliphatic rings. The second kappa shape index (κ2) is 15.2. The minimum absolute atomic E-state index is 0.662. The van der Waals surface area contributed by atoms with Crippen LogP contribution < -0.4 is 0 Å². The summed E-state index contributed by atoms with van der Waals surface area (Å²) in [4.78, 5) is 0. The highest BCUT2D eigenvalue weighted by molar-refractivity contribution is 6.60. The second-order valence-electron chi connectivity index (χ2n) is 4.06. The Morgan fingerprint density at radius 2 is 1.13 bits per heavy atom. The van der Waals surface area contributed by atoms with Gasteiger partial charge in [0.1, 0.15) is 0 Å². The fourth-order valence-corrected chi connectivity index (χ4v) is 4.28. The lowest BCUT2D eigenvalue weighted by Gasteiger charge is -2.23. The van der Waals surface area contributed by atoms with Gasteiger partial charge in [0.25, 0.3) is 0 Å². The SMILES string of the molecule is CC=COCCC[Si](OC)(OC)OC.CO[Si](OC)(OC)OC. The van der Waals surface area contributed by atoms with Gasteiger partial charge in [0.05, 0.1) is 12.9 Å². The average Bonchev–Trinajstić information content (AvgIpc) is 2.62. The van der Waals surface area contributed by atoms with Crippen LogP contribution in [0.25, 0.3) is 0 Å². The van der Waals surface area contributed by atoms with E-state index in [0.717, 1.165) is 12.5 Å². The highest BCUT2D eigenvalue weighted by atomic mass is 28.4. The highest BCUT2D eigenvalue weighted by Gasteiger charge is 2.40. The molecule has 0 amide bonds. The van der Waals surface area contributed by atoms with Gasteiger partial charge in [-0.1, -0.05) is 6.08 Å². The zero-order chi connectivity index (χ0) is 18.2. The molecule has 0 bridgehead atoms. The van der Waals surface area contributed by atoms with Gasteiger partial charge >= 0.3 is 17.9 Å². The number of ether oxygens (including phenoxy) is 1. The first-order chi connectivity index (χ1) is 11.0. The third kappa shape index (κ3) is 10.2. The molecule has 10 heteroatoms. The Morgan fingerprint density at radius 3 is 1.39 bits per heavy atom. The third-order valence-electron chi connectivity index (χ3n) is 2.91. The molecule has 8 nitrogen and oxygen atoms in total. The van der Waals surface area contributed by atoms with E-state index < -0.39 is 17.9 Å². The van der Waals surface area contributed by atoms with Crippen molar-refractivity contribution in [3.63, 3.8) is 0 Å². The lowest BCUT2D eigenvalue weighted by atomic mass is 10.5. The van der Waals surface area contributed by atoms with Crippen LogP contribution in [-0.2, 0) is 35.7 Å². The van der Waals surface area contributed by atoms with E-state index in [1.165, 1.54) is 28.4 Å². The normalized spacial score (nSPS) is 12.2. The third-order valence-corrected chi connectivity index (χ3v) is 7.74. The summed E-state index contributed by atoms with van der Waals surface area (Å²) < 4.78 is 40.4. The molecule has 0 fully saturated rings. The lowest BCUT2D eigenvalue weighted by Crippen LogP contribution is -2.45. The van der Waals surface area contributed by atoms with Crippen LogP contribution in [0.4, 0.5) is 0 Å². The number of allylic oxidation sites excluding steroid dienone is 1. The first kappa shape index (κ1) is 24.9. The molecule has 0 aliphatic heterocycles. The Morgan fingerprint density at radius 1 is 0.696 bits per heavy atom. The molecule has 0 aromatic rings. The van der Waals surface area contributed by atoms with Crippen molar-refractivity contribution in [2.24, 2.45) is 0 Å². The molecule has 0 N–H and O–H groups in total. The molecule has 140 valence electrons. The maximum Gasteiger partial charge on any atom is 0.678 e. The number of rotatable bonds is 12. The van der Waals surface area contributed by atoms with Crippen LogP contribution in [0, 0.1) is 0 Å². The summed E-state index contributed by atoms with van der Waals surface area (Å²) in [5, 5.41) is 0. The Bertz CT molecular complexity index is 257. The van der Waals surface area contributed by atoms with Gasteiger partial charge in [-0.2, -0.15) is 0 Å². The molecule has 0 saturated heterocycles. The summed E-state index contributed by atoms with van der Waals surface area (Å²) in [6.45, 7) is 2.58. The van der Waals surface area contributed by atoms with Gasteiger partial charge < -0.3 is 35.7 Å². The van der Waals surface area contributed by atoms with E-state index >= 15 is 0 Å². The summed E-state index contributed by atoms with van der Waals surface area (Å²) in [6.07, 6.45) is 4.40. The van der Waals surface area contributed by atoms with E-state index in [0.29, 0.717) is 6.61 Å². The summed E-state index contributed by atoms with van der Waals surface area (Å²) in [6, 6.07) is 0.772. The van der Waals surface area contributed by atoms with Crippen LogP contribution in [0.3, 0.4) is 0 Å². The van der Waals surface area contributed by atoms with Crippen molar-refractivity contribution in [2.45, 2.75) is 19.4 Å². The average molecular weight is 373 g/mol. The van der Waals surface area contributed by atoms with Crippen molar-refractivity contribution >= 4 is 17.9 Å². The van der Waals surface area contributed by atoms with Crippen molar-refractivity contribution in [3.8, 4) is 0 Å². The van der Waals surface area contributed by atoms with Crippen LogP contribution in [0.2, 0.25) is 6.04 Å².